The first-order chi connectivity index (χ1) is 3.72. The second kappa shape index (κ2) is 10.1. The minimum atomic E-state index is -0.583. The van der Waals surface area contributed by atoms with Gasteiger partial charge < -0.3 is 19.8 Å². The summed E-state index contributed by atoms with van der Waals surface area (Å²) in [6.07, 6.45) is 1.36. The molecule has 0 rings (SSSR count). The third kappa shape index (κ3) is 7.26. The molecular weight excluding hydrogens is 286 g/mol. The SMILES string of the molecule is C[N-]C(=O)N(C)[C-]=O.[Y].[Y]. The van der Waals surface area contributed by atoms with Crippen molar-refractivity contribution < 1.29 is 75.0 Å². The molecule has 6 heteroatoms. The minimum absolute atomic E-state index is 0. The van der Waals surface area contributed by atoms with Crippen molar-refractivity contribution in [3.05, 3.63) is 5.32 Å². The van der Waals surface area contributed by atoms with Gasteiger partial charge in [-0.2, -0.15) is 0 Å². The number of urea groups is 1. The van der Waals surface area contributed by atoms with Gasteiger partial charge >= 0.3 is 0 Å². The van der Waals surface area contributed by atoms with Gasteiger partial charge in [0.1, 0.15) is 0 Å². The average Bonchev–Trinajstić information content (AvgIpc) is 1.84. The maximum atomic E-state index is 10.2. The number of rotatable bonds is 1. The second-order valence-electron chi connectivity index (χ2n) is 1.16. The van der Waals surface area contributed by atoms with Crippen LogP contribution >= 0.6 is 0 Å². The maximum absolute atomic E-state index is 10.2. The Hall–Kier alpha value is 1.15. The standard InChI is InChI=1S/C4H7N2O2.2Y/c1-5-4(8)6(2)3-7;;/h1-2H3,(H,5,8);;/q-1;;/p-1. The molecule has 10 heavy (non-hydrogen) atoms. The predicted octanol–water partition coefficient (Wildman–Crippen LogP) is 0.104. The number of carbonyl (C=O) groups is 1. The molecule has 0 bridgehead atoms. The van der Waals surface area contributed by atoms with Gasteiger partial charge in [0.2, 0.25) is 0 Å². The first-order valence-corrected chi connectivity index (χ1v) is 1.97. The van der Waals surface area contributed by atoms with Crippen LogP contribution in [0, 0.1) is 0 Å². The number of carbonyl (C=O) groups excluding carboxylic acids is 2. The van der Waals surface area contributed by atoms with Crippen LogP contribution in [0.1, 0.15) is 0 Å². The van der Waals surface area contributed by atoms with Crippen LogP contribution in [0.15, 0.2) is 0 Å². The molecule has 0 aromatic heterocycles. The molecule has 0 saturated carbocycles. The van der Waals surface area contributed by atoms with Crippen molar-refractivity contribution in [2.24, 2.45) is 0 Å². The molecule has 0 saturated heterocycles. The van der Waals surface area contributed by atoms with Gasteiger partial charge in [0.25, 0.3) is 0 Å². The Balaban J connectivity index is -0.000000245. The predicted molar refractivity (Wildman–Crippen MR) is 28.1 cm³/mol. The van der Waals surface area contributed by atoms with E-state index < -0.39 is 6.03 Å². The Kier molecular flexibility index (Phi) is 17.5. The molecule has 0 aromatic carbocycles. The van der Waals surface area contributed by atoms with Crippen LogP contribution < -0.4 is 0 Å². The summed E-state index contributed by atoms with van der Waals surface area (Å²) in [4.78, 5) is 20.6. The van der Waals surface area contributed by atoms with Gasteiger partial charge in [-0.3, -0.25) is 0 Å². The van der Waals surface area contributed by atoms with Gasteiger partial charge in [0.15, 0.2) is 0 Å². The van der Waals surface area contributed by atoms with Crippen molar-refractivity contribution >= 4 is 12.4 Å². The van der Waals surface area contributed by atoms with Crippen molar-refractivity contribution in [2.75, 3.05) is 14.1 Å². The Morgan fingerprint density at radius 1 is 1.50 bits per heavy atom. The van der Waals surface area contributed by atoms with Crippen molar-refractivity contribution in [3.63, 3.8) is 0 Å². The molecule has 0 aliphatic carbocycles. The molecular formula is C4H6N2O2Y2-2. The molecule has 52 valence electrons. The normalized spacial score (nSPS) is 6.20. The van der Waals surface area contributed by atoms with Crippen LogP contribution in [0.4, 0.5) is 4.79 Å². The third-order valence-corrected chi connectivity index (χ3v) is 0.615. The molecule has 2 radical (unpaired) electrons. The van der Waals surface area contributed by atoms with Crippen LogP contribution in [-0.4, -0.2) is 31.4 Å². The van der Waals surface area contributed by atoms with Gasteiger partial charge in [-0.05, 0) is 12.4 Å². The van der Waals surface area contributed by atoms with Crippen LogP contribution in [0.5, 0.6) is 0 Å². The van der Waals surface area contributed by atoms with Crippen LogP contribution in [0.25, 0.3) is 5.32 Å². The zero-order valence-electron chi connectivity index (χ0n) is 5.87. The van der Waals surface area contributed by atoms with Gasteiger partial charge in [-0.25, -0.2) is 0 Å². The molecule has 0 N–H and O–H groups in total. The Labute approximate surface area is 110 Å². The summed E-state index contributed by atoms with van der Waals surface area (Å²) < 4.78 is 0. The molecule has 0 fully saturated rings. The summed E-state index contributed by atoms with van der Waals surface area (Å²) in [7, 11) is 2.61. The van der Waals surface area contributed by atoms with Crippen LogP contribution in [-0.2, 0) is 70.2 Å². The van der Waals surface area contributed by atoms with Gasteiger partial charge in [-0.1, -0.05) is 14.1 Å². The smallest absolute Gasteiger partial charge is 0 e. The van der Waals surface area contributed by atoms with Crippen molar-refractivity contribution in [2.45, 2.75) is 0 Å². The number of amides is 3. The maximum Gasteiger partial charge on any atom is 0 e. The second-order valence-corrected chi connectivity index (χ2v) is 1.16. The van der Waals surface area contributed by atoms with Crippen molar-refractivity contribution in [3.8, 4) is 0 Å². The van der Waals surface area contributed by atoms with E-state index >= 15 is 0 Å². The average molecular weight is 292 g/mol. The Bertz CT molecular complexity index is 109. The number of imide groups is 1. The van der Waals surface area contributed by atoms with E-state index in [1.807, 2.05) is 0 Å². The van der Waals surface area contributed by atoms with Crippen molar-refractivity contribution in [1.82, 2.24) is 4.90 Å². The summed E-state index contributed by atoms with van der Waals surface area (Å²) in [6, 6.07) is -0.583. The fraction of sp³-hybridized carbons (Fsp3) is 0.500. The van der Waals surface area contributed by atoms with E-state index in [0.717, 1.165) is 4.90 Å². The summed E-state index contributed by atoms with van der Waals surface area (Å²) in [5.74, 6) is 0. The van der Waals surface area contributed by atoms with E-state index in [4.69, 9.17) is 0 Å². The van der Waals surface area contributed by atoms with E-state index in [2.05, 4.69) is 5.32 Å². The van der Waals surface area contributed by atoms with E-state index in [9.17, 15) is 9.59 Å². The molecule has 0 aliphatic heterocycles. The minimum Gasteiger partial charge on any atom is -0.548 e. The first kappa shape index (κ1) is 17.3. The molecule has 0 atom stereocenters. The van der Waals surface area contributed by atoms with Crippen LogP contribution in [0.3, 0.4) is 0 Å². The number of hydrogen-bond donors (Lipinski definition) is 0. The van der Waals surface area contributed by atoms with Crippen molar-refractivity contribution in [1.29, 1.82) is 0 Å². The Morgan fingerprint density at radius 2 is 1.90 bits per heavy atom. The topological polar surface area (TPSA) is 51.5 Å². The first-order valence-electron chi connectivity index (χ1n) is 1.97. The molecule has 3 amide bonds. The summed E-state index contributed by atoms with van der Waals surface area (Å²) in [5, 5.41) is 3.18. The molecule has 0 aliphatic rings. The van der Waals surface area contributed by atoms with Gasteiger partial charge in [0.05, 0.1) is 0 Å². The Morgan fingerprint density at radius 3 is 2.00 bits per heavy atom. The summed E-state index contributed by atoms with van der Waals surface area (Å²) >= 11 is 0. The zero-order chi connectivity index (χ0) is 6.57. The molecule has 0 aromatic rings. The number of hydrogen-bond acceptors (Lipinski definition) is 2. The molecule has 4 nitrogen and oxygen atoms in total. The summed E-state index contributed by atoms with van der Waals surface area (Å²) in [6.45, 7) is 0. The molecule has 0 spiro atoms. The third-order valence-electron chi connectivity index (χ3n) is 0.615. The van der Waals surface area contributed by atoms with E-state index in [1.54, 1.807) is 0 Å². The van der Waals surface area contributed by atoms with E-state index in [0.29, 0.717) is 0 Å². The number of nitrogens with zero attached hydrogens (tertiary/aromatic N) is 2. The van der Waals surface area contributed by atoms with E-state index in [1.165, 1.54) is 20.5 Å². The fourth-order valence-corrected chi connectivity index (χ4v) is 0.189. The van der Waals surface area contributed by atoms with Crippen LogP contribution in [0.2, 0.25) is 0 Å². The zero-order valence-corrected chi connectivity index (χ0v) is 11.5. The van der Waals surface area contributed by atoms with Gasteiger partial charge in [-0.15, -0.1) is 0 Å². The largest absolute Gasteiger partial charge is 0.548 e. The molecule has 0 unspecified atom stereocenters. The van der Waals surface area contributed by atoms with E-state index in [-0.39, 0.29) is 65.4 Å². The quantitative estimate of drug-likeness (QED) is 0.508. The summed E-state index contributed by atoms with van der Waals surface area (Å²) in [5.41, 5.74) is 0. The monoisotopic (exact) mass is 292 g/mol. The van der Waals surface area contributed by atoms with Gasteiger partial charge in [0, 0.05) is 65.4 Å². The molecule has 0 heterocycles. The fourth-order valence-electron chi connectivity index (χ4n) is 0.189.